The molecule has 5 rings (SSSR count). The Hall–Kier alpha value is -4.44. The zero-order chi connectivity index (χ0) is 41.4. The van der Waals surface area contributed by atoms with Gasteiger partial charge in [0.2, 0.25) is 11.8 Å². The number of aliphatic carboxylic acids is 1. The molecule has 1 spiro atoms. The minimum atomic E-state index is -5.08. The molecule has 0 aromatic heterocycles. The Morgan fingerprint density at radius 3 is 2.27 bits per heavy atom. The molecule has 4 N–H and O–H groups in total. The van der Waals surface area contributed by atoms with Crippen molar-refractivity contribution in [3.05, 3.63) is 99.3 Å². The maximum Gasteiger partial charge on any atom is 0.490 e. The second kappa shape index (κ2) is 18.7. The van der Waals surface area contributed by atoms with E-state index in [1.807, 2.05) is 43.3 Å². The van der Waals surface area contributed by atoms with Crippen molar-refractivity contribution >= 4 is 52.8 Å². The average molecular weight is 827 g/mol. The molecule has 2 heterocycles. The summed E-state index contributed by atoms with van der Waals surface area (Å²) in [6.45, 7) is 4.38. The molecule has 0 radical (unpaired) electrons. The van der Waals surface area contributed by atoms with E-state index in [4.69, 9.17) is 43.6 Å². The number of halogens is 6. The van der Waals surface area contributed by atoms with E-state index < -0.39 is 35.3 Å². The highest BCUT2D eigenvalue weighted by Crippen LogP contribution is 2.46. The van der Waals surface area contributed by atoms with Crippen LogP contribution in [-0.2, 0) is 36.6 Å². The first-order valence-electron chi connectivity index (χ1n) is 17.9. The number of fused-ring (bicyclic) bond motifs is 2. The lowest BCUT2D eigenvalue weighted by molar-refractivity contribution is -0.192. The number of hydrogen-bond acceptors (Lipinski definition) is 7. The zero-order valence-electron chi connectivity index (χ0n) is 31.2. The molecule has 2 atom stereocenters. The summed E-state index contributed by atoms with van der Waals surface area (Å²) in [5.74, 6) is -3.63. The number of rotatable bonds is 12. The second-order valence-electron chi connectivity index (χ2n) is 14.0. The van der Waals surface area contributed by atoms with Gasteiger partial charge in [0.05, 0.1) is 21.1 Å². The van der Waals surface area contributed by atoms with E-state index in [2.05, 4.69) is 10.2 Å². The molecule has 304 valence electrons. The molecule has 56 heavy (non-hydrogen) atoms. The number of piperidine rings is 1. The topological polar surface area (TPSA) is 146 Å². The number of ether oxygens (including phenoxy) is 1. The number of nitrogens with zero attached hydrogens (tertiary/aromatic N) is 3. The van der Waals surface area contributed by atoms with Gasteiger partial charge in [0.1, 0.15) is 17.5 Å². The summed E-state index contributed by atoms with van der Waals surface area (Å²) in [6, 6.07) is 18.5. The number of carbonyl (C=O) groups excluding carboxylic acids is 3. The largest absolute Gasteiger partial charge is 0.490 e. The van der Waals surface area contributed by atoms with Crippen LogP contribution in [0, 0.1) is 5.82 Å². The second-order valence-corrected chi connectivity index (χ2v) is 14.8. The fraction of sp³-hybridized carbons (Fsp3) is 0.436. The number of alkyl halides is 3. The third kappa shape index (κ3) is 10.5. The fourth-order valence-corrected chi connectivity index (χ4v) is 7.16. The Balaban J connectivity index is 0.000000908. The molecule has 17 heteroatoms. The lowest BCUT2D eigenvalue weighted by Gasteiger charge is -2.46. The van der Waals surface area contributed by atoms with Gasteiger partial charge in [-0.2, -0.15) is 13.2 Å². The number of likely N-dealkylation sites (tertiary alicyclic amines) is 1. The van der Waals surface area contributed by atoms with Crippen molar-refractivity contribution < 1.29 is 46.6 Å². The average Bonchev–Trinajstić information content (AvgIpc) is 3.16. The van der Waals surface area contributed by atoms with Crippen LogP contribution in [0.25, 0.3) is 0 Å². The third-order valence-electron chi connectivity index (χ3n) is 10.3. The van der Waals surface area contributed by atoms with Crippen LogP contribution in [0.5, 0.6) is 0 Å². The van der Waals surface area contributed by atoms with Gasteiger partial charge in [-0.15, -0.1) is 0 Å². The first-order valence-corrected chi connectivity index (χ1v) is 18.6. The smallest absolute Gasteiger partial charge is 0.475 e. The summed E-state index contributed by atoms with van der Waals surface area (Å²) >= 11 is 12.8. The number of anilines is 1. The lowest BCUT2D eigenvalue weighted by atomic mass is 9.77. The Morgan fingerprint density at radius 2 is 1.68 bits per heavy atom. The minimum absolute atomic E-state index is 0.233. The van der Waals surface area contributed by atoms with Crippen molar-refractivity contribution in [2.24, 2.45) is 5.73 Å². The molecule has 3 aromatic rings. The zero-order valence-corrected chi connectivity index (χ0v) is 32.7. The number of nitrogens with two attached hydrogens (primary N) is 1. The van der Waals surface area contributed by atoms with Crippen molar-refractivity contribution in [3.8, 4) is 0 Å². The molecule has 11 nitrogen and oxygen atoms in total. The van der Waals surface area contributed by atoms with Gasteiger partial charge in [0.25, 0.3) is 0 Å². The van der Waals surface area contributed by atoms with Gasteiger partial charge < -0.3 is 30.7 Å². The maximum atomic E-state index is 14.7. The molecule has 3 aromatic carbocycles. The van der Waals surface area contributed by atoms with Gasteiger partial charge in [-0.05, 0) is 74.3 Å². The van der Waals surface area contributed by atoms with E-state index in [1.54, 1.807) is 37.2 Å². The van der Waals surface area contributed by atoms with Crippen LogP contribution in [0.1, 0.15) is 49.3 Å². The molecule has 2 aliphatic heterocycles. The highest BCUT2D eigenvalue weighted by Gasteiger charge is 2.47. The molecular weight excluding hydrogens is 781 g/mol. The van der Waals surface area contributed by atoms with Crippen LogP contribution >= 0.6 is 23.2 Å². The molecule has 0 saturated carbocycles. The Morgan fingerprint density at radius 1 is 1.04 bits per heavy atom. The van der Waals surface area contributed by atoms with Crippen molar-refractivity contribution in [1.82, 2.24) is 15.1 Å². The monoisotopic (exact) mass is 825 g/mol. The number of carbonyl (C=O) groups is 4. The third-order valence-corrected chi connectivity index (χ3v) is 11.0. The van der Waals surface area contributed by atoms with Crippen molar-refractivity contribution in [3.63, 3.8) is 0 Å². The highest BCUT2D eigenvalue weighted by atomic mass is 35.5. The summed E-state index contributed by atoms with van der Waals surface area (Å²) in [5.41, 5.74) is 6.57. The van der Waals surface area contributed by atoms with Gasteiger partial charge in [0, 0.05) is 58.6 Å². The van der Waals surface area contributed by atoms with Crippen LogP contribution in [-0.4, -0.2) is 97.8 Å². The van der Waals surface area contributed by atoms with Crippen molar-refractivity contribution in [1.29, 1.82) is 0 Å². The number of hydrogen-bond donors (Lipinski definition) is 3. The lowest BCUT2D eigenvalue weighted by Crippen LogP contribution is -2.55. The van der Waals surface area contributed by atoms with Gasteiger partial charge in [-0.25, -0.2) is 14.0 Å². The van der Waals surface area contributed by atoms with Gasteiger partial charge in [-0.3, -0.25) is 14.5 Å². The molecular formula is C39H45Cl2F4N5O6. The number of benzene rings is 3. The van der Waals surface area contributed by atoms with Crippen LogP contribution < -0.4 is 16.0 Å². The van der Waals surface area contributed by atoms with E-state index in [0.29, 0.717) is 91.7 Å². The number of carboxylic acid groups (broad SMARTS) is 1. The standard InChI is InChI=1S/C37H44Cl2FN5O4.C2HF3O2/c1-36(26-10-12-29(38)30(39)23-26,34(47)43(2)32(33(46)42-18-7-17-41)22-25-8-5-4-6-9-25)14-19-45-20-15-37(16-21-45)28-24-27(40)11-13-31(28)44(3)35(48)49-37;3-2(4,5)1(6)7/h4-6,8-13,23-24,32H,7,14-22,41H2,1-3H3,(H,42,46);(H,6,7)/t32-,36-;/m1./s1. The fourth-order valence-electron chi connectivity index (χ4n) is 6.86. The van der Waals surface area contributed by atoms with Crippen LogP contribution in [0.4, 0.5) is 28.0 Å². The SMILES string of the molecule is CN1C(=O)OC2(CCN(CC[C@@](C)(C(=O)N(C)[C@H](Cc3ccccc3)C(=O)NCCCN)c3ccc(Cl)c(Cl)c3)CC2)c2cc(F)ccc21.O=C(O)C(F)(F)F. The van der Waals surface area contributed by atoms with E-state index in [1.165, 1.54) is 17.0 Å². The summed E-state index contributed by atoms with van der Waals surface area (Å²) in [6.07, 6.45) is -3.24. The number of amides is 3. The first kappa shape index (κ1) is 44.3. The summed E-state index contributed by atoms with van der Waals surface area (Å²) in [7, 11) is 3.29. The van der Waals surface area contributed by atoms with Crippen molar-refractivity contribution in [2.45, 2.75) is 62.3 Å². The predicted molar refractivity (Wildman–Crippen MR) is 204 cm³/mol. The predicted octanol–water partition coefficient (Wildman–Crippen LogP) is 6.53. The van der Waals surface area contributed by atoms with Crippen LogP contribution in [0.15, 0.2) is 66.7 Å². The van der Waals surface area contributed by atoms with E-state index in [9.17, 15) is 31.9 Å². The summed E-state index contributed by atoms with van der Waals surface area (Å²) < 4.78 is 52.1. The molecule has 0 bridgehead atoms. The van der Waals surface area contributed by atoms with E-state index >= 15 is 0 Å². The Bertz CT molecular complexity index is 1880. The number of carboxylic acids is 1. The highest BCUT2D eigenvalue weighted by molar-refractivity contribution is 6.42. The van der Waals surface area contributed by atoms with E-state index in [-0.39, 0.29) is 17.6 Å². The molecule has 0 unspecified atom stereocenters. The van der Waals surface area contributed by atoms with E-state index in [0.717, 1.165) is 5.56 Å². The van der Waals surface area contributed by atoms with Gasteiger partial charge in [0.15, 0.2) is 0 Å². The van der Waals surface area contributed by atoms with Crippen molar-refractivity contribution in [2.75, 3.05) is 51.7 Å². The number of likely N-dealkylation sites (N-methyl/N-ethyl adjacent to an activating group) is 1. The minimum Gasteiger partial charge on any atom is -0.475 e. The molecule has 2 aliphatic rings. The quantitative estimate of drug-likeness (QED) is 0.138. The Labute approximate surface area is 332 Å². The van der Waals surface area contributed by atoms with Crippen LogP contribution in [0.2, 0.25) is 10.0 Å². The van der Waals surface area contributed by atoms with Gasteiger partial charge in [-0.1, -0.05) is 59.6 Å². The summed E-state index contributed by atoms with van der Waals surface area (Å²) in [4.78, 5) is 55.2. The first-order chi connectivity index (χ1) is 26.3. The molecule has 3 amide bonds. The molecule has 0 aliphatic carbocycles. The summed E-state index contributed by atoms with van der Waals surface area (Å²) in [5, 5.41) is 10.8. The normalized spacial score (nSPS) is 16.8. The number of nitrogens with one attached hydrogen (secondary N) is 1. The Kier molecular flexibility index (Phi) is 14.8. The van der Waals surface area contributed by atoms with Crippen LogP contribution in [0.3, 0.4) is 0 Å². The molecule has 1 saturated heterocycles. The molecule has 1 fully saturated rings. The van der Waals surface area contributed by atoms with Gasteiger partial charge >= 0.3 is 18.2 Å². The maximum absolute atomic E-state index is 14.7.